The van der Waals surface area contributed by atoms with Gasteiger partial charge in [-0.05, 0) is 29.6 Å². The fraction of sp³-hybridized carbons (Fsp3) is 0.583. The lowest BCUT2D eigenvalue weighted by molar-refractivity contribution is -0.156. The Kier molecular flexibility index (Phi) is 4.35. The highest BCUT2D eigenvalue weighted by Crippen LogP contribution is 2.65. The van der Waals surface area contributed by atoms with Crippen LogP contribution in [0.25, 0.3) is 11.4 Å². The summed E-state index contributed by atoms with van der Waals surface area (Å²) in [6, 6.07) is 10.4. The van der Waals surface area contributed by atoms with E-state index in [0.717, 1.165) is 30.2 Å². The van der Waals surface area contributed by atoms with Crippen molar-refractivity contribution in [2.75, 3.05) is 6.54 Å². The van der Waals surface area contributed by atoms with Crippen molar-refractivity contribution in [2.24, 2.45) is 16.7 Å². The van der Waals surface area contributed by atoms with Crippen molar-refractivity contribution in [3.8, 4) is 11.4 Å². The van der Waals surface area contributed by atoms with E-state index >= 15 is 0 Å². The number of carbonyl (C=O) groups excluding carboxylic acids is 1. The van der Waals surface area contributed by atoms with Crippen LogP contribution in [-0.4, -0.2) is 28.0 Å². The average Bonchev–Trinajstić information content (AvgIpc) is 3.12. The van der Waals surface area contributed by atoms with E-state index in [1.807, 2.05) is 18.2 Å². The summed E-state index contributed by atoms with van der Waals surface area (Å²) in [5, 5.41) is 6.85. The molecule has 2 heterocycles. The Bertz CT molecular complexity index is 932. The predicted octanol–water partition coefficient (Wildman–Crippen LogP) is 3.99. The maximum atomic E-state index is 13.5. The lowest BCUT2D eigenvalue weighted by Crippen LogP contribution is -2.71. The van der Waals surface area contributed by atoms with Crippen molar-refractivity contribution in [3.63, 3.8) is 0 Å². The van der Waals surface area contributed by atoms with Gasteiger partial charge in [-0.1, -0.05) is 63.9 Å². The quantitative estimate of drug-likeness (QED) is 0.830. The first kappa shape index (κ1) is 18.9. The van der Waals surface area contributed by atoms with E-state index in [1.165, 1.54) is 25.7 Å². The van der Waals surface area contributed by atoms with E-state index in [1.54, 1.807) is 0 Å². The number of hydrogen-bond acceptors (Lipinski definition) is 3. The van der Waals surface area contributed by atoms with E-state index in [2.05, 4.69) is 48.1 Å². The third-order valence-electron chi connectivity index (χ3n) is 7.96. The van der Waals surface area contributed by atoms with Crippen LogP contribution in [0.5, 0.6) is 0 Å². The summed E-state index contributed by atoms with van der Waals surface area (Å²) in [6.07, 6.45) is 5.10. The molecule has 0 radical (unpaired) electrons. The van der Waals surface area contributed by atoms with Gasteiger partial charge in [-0.25, -0.2) is 4.98 Å². The first-order valence-electron chi connectivity index (χ1n) is 11.1. The van der Waals surface area contributed by atoms with Gasteiger partial charge < -0.3 is 15.2 Å². The van der Waals surface area contributed by atoms with Crippen molar-refractivity contribution in [2.45, 2.75) is 65.6 Å². The van der Waals surface area contributed by atoms with Gasteiger partial charge in [-0.2, -0.15) is 0 Å². The molecule has 0 spiro atoms. The molecular formula is C24H32N4O. The number of nitrogens with zero attached hydrogens (tertiary/aromatic N) is 2. The number of nitrogens with one attached hydrogen (secondary N) is 2. The van der Waals surface area contributed by atoms with Crippen molar-refractivity contribution >= 4 is 5.91 Å². The lowest BCUT2D eigenvalue weighted by Gasteiger charge is -2.67. The zero-order valence-electron chi connectivity index (χ0n) is 17.8. The maximum absolute atomic E-state index is 13.5. The molecule has 5 nitrogen and oxygen atoms in total. The molecule has 0 saturated heterocycles. The second kappa shape index (κ2) is 6.69. The van der Waals surface area contributed by atoms with Gasteiger partial charge >= 0.3 is 0 Å². The zero-order valence-corrected chi connectivity index (χ0v) is 17.8. The smallest absolute Gasteiger partial charge is 0.272 e. The number of benzene rings is 1. The zero-order chi connectivity index (χ0) is 20.2. The molecular weight excluding hydrogens is 360 g/mol. The number of carbonyl (C=O) groups is 1. The number of imidazole rings is 1. The van der Waals surface area contributed by atoms with E-state index in [4.69, 9.17) is 4.98 Å². The van der Waals surface area contributed by atoms with Gasteiger partial charge in [0.05, 0.1) is 5.69 Å². The monoisotopic (exact) mass is 392 g/mol. The number of hydrogen-bond donors (Lipinski definition) is 2. The Morgan fingerprint density at radius 1 is 1.21 bits per heavy atom. The molecule has 2 aromatic rings. The number of aromatic nitrogens is 2. The first-order chi connectivity index (χ1) is 13.9. The topological polar surface area (TPSA) is 59.0 Å². The maximum Gasteiger partial charge on any atom is 0.272 e. The molecule has 2 N–H and O–H groups in total. The average molecular weight is 393 g/mol. The molecule has 5 heteroatoms. The second-order valence-corrected chi connectivity index (χ2v) is 9.96. The molecule has 2 aliphatic carbocycles. The van der Waals surface area contributed by atoms with Crippen LogP contribution in [0.4, 0.5) is 0 Å². The van der Waals surface area contributed by atoms with Gasteiger partial charge in [0.15, 0.2) is 5.69 Å². The van der Waals surface area contributed by atoms with Gasteiger partial charge in [0, 0.05) is 31.2 Å². The third kappa shape index (κ3) is 2.77. The van der Waals surface area contributed by atoms with Crippen LogP contribution in [0.15, 0.2) is 30.3 Å². The van der Waals surface area contributed by atoms with Crippen molar-refractivity contribution in [1.82, 2.24) is 20.2 Å². The van der Waals surface area contributed by atoms with E-state index < -0.39 is 0 Å². The van der Waals surface area contributed by atoms with Crippen LogP contribution in [0.2, 0.25) is 0 Å². The minimum Gasteiger partial charge on any atom is -0.347 e. The molecule has 2 saturated carbocycles. The summed E-state index contributed by atoms with van der Waals surface area (Å²) < 4.78 is 2.22. The number of amides is 1. The first-order valence-corrected chi connectivity index (χ1v) is 11.1. The summed E-state index contributed by atoms with van der Waals surface area (Å²) in [5.74, 6) is 1.59. The molecule has 154 valence electrons. The third-order valence-corrected chi connectivity index (χ3v) is 7.96. The molecule has 1 amide bonds. The minimum absolute atomic E-state index is 0.0112. The second-order valence-electron chi connectivity index (χ2n) is 9.96. The van der Waals surface area contributed by atoms with Crippen LogP contribution in [0.3, 0.4) is 0 Å². The Morgan fingerprint density at radius 3 is 2.79 bits per heavy atom. The molecule has 2 fully saturated rings. The normalized spacial score (nSPS) is 30.0. The standard InChI is InChI=1S/C24H32N4O/c1-23(2)18-11-7-8-12-24(18,3)22(23)27-21(29)19-17-15-25-13-14-28(17)20(26-19)16-9-5-4-6-10-16/h4-6,9-10,18,22,25H,7-8,11-15H2,1-3H3,(H,27,29). The highest BCUT2D eigenvalue weighted by molar-refractivity contribution is 5.94. The molecule has 1 aromatic carbocycles. The van der Waals surface area contributed by atoms with Gasteiger partial charge in [-0.15, -0.1) is 0 Å². The molecule has 3 aliphatic rings. The van der Waals surface area contributed by atoms with Crippen LogP contribution in [0, 0.1) is 16.7 Å². The van der Waals surface area contributed by atoms with Gasteiger partial charge in [0.1, 0.15) is 5.82 Å². The molecule has 1 aliphatic heterocycles. The van der Waals surface area contributed by atoms with E-state index in [9.17, 15) is 4.79 Å². The van der Waals surface area contributed by atoms with Crippen molar-refractivity contribution in [3.05, 3.63) is 41.7 Å². The molecule has 0 bridgehead atoms. The number of rotatable bonds is 3. The molecule has 29 heavy (non-hydrogen) atoms. The van der Waals surface area contributed by atoms with Gasteiger partial charge in [0.25, 0.3) is 5.91 Å². The van der Waals surface area contributed by atoms with E-state index in [-0.39, 0.29) is 22.8 Å². The summed E-state index contributed by atoms with van der Waals surface area (Å²) in [6.45, 7) is 9.47. The predicted molar refractivity (Wildman–Crippen MR) is 114 cm³/mol. The summed E-state index contributed by atoms with van der Waals surface area (Å²) in [5.41, 5.74) is 3.03. The van der Waals surface area contributed by atoms with Crippen LogP contribution >= 0.6 is 0 Å². The largest absolute Gasteiger partial charge is 0.347 e. The Balaban J connectivity index is 1.47. The Labute approximate surface area is 173 Å². The van der Waals surface area contributed by atoms with Crippen LogP contribution in [-0.2, 0) is 13.1 Å². The van der Waals surface area contributed by atoms with Gasteiger partial charge in [0.2, 0.25) is 0 Å². The Morgan fingerprint density at radius 2 is 2.00 bits per heavy atom. The SMILES string of the molecule is CC1(C)C2CCCCC2(C)C1NC(=O)c1nc(-c2ccccc2)n2c1CNCC2. The molecule has 3 atom stereocenters. The van der Waals surface area contributed by atoms with Gasteiger partial charge in [-0.3, -0.25) is 4.79 Å². The van der Waals surface area contributed by atoms with Crippen LogP contribution < -0.4 is 10.6 Å². The lowest BCUT2D eigenvalue weighted by atomic mass is 9.40. The molecule has 5 rings (SSSR count). The van der Waals surface area contributed by atoms with Crippen LogP contribution in [0.1, 0.15) is 62.6 Å². The van der Waals surface area contributed by atoms with Crippen molar-refractivity contribution < 1.29 is 4.79 Å². The molecule has 1 aromatic heterocycles. The minimum atomic E-state index is -0.0112. The fourth-order valence-corrected chi connectivity index (χ4v) is 6.72. The number of fused-ring (bicyclic) bond motifs is 2. The van der Waals surface area contributed by atoms with Crippen molar-refractivity contribution in [1.29, 1.82) is 0 Å². The molecule has 3 unspecified atom stereocenters. The van der Waals surface area contributed by atoms with E-state index in [0.29, 0.717) is 18.2 Å². The summed E-state index contributed by atoms with van der Waals surface area (Å²) in [7, 11) is 0. The summed E-state index contributed by atoms with van der Waals surface area (Å²) in [4.78, 5) is 18.3. The highest BCUT2D eigenvalue weighted by Gasteiger charge is 2.64. The highest BCUT2D eigenvalue weighted by atomic mass is 16.2. The Hall–Kier alpha value is -2.14. The summed E-state index contributed by atoms with van der Waals surface area (Å²) >= 11 is 0. The fourth-order valence-electron chi connectivity index (χ4n) is 6.72.